The molecule has 0 aliphatic rings. The Labute approximate surface area is 109 Å². The lowest BCUT2D eigenvalue weighted by molar-refractivity contribution is 0.353. The molecular weight excluding hydrogens is 244 g/mol. The maximum absolute atomic E-state index is 5.28. The molecule has 0 amide bonds. The molecule has 2 aromatic heterocycles. The van der Waals surface area contributed by atoms with Crippen molar-refractivity contribution in [3.05, 3.63) is 30.7 Å². The summed E-state index contributed by atoms with van der Waals surface area (Å²) in [5, 5.41) is 0. The van der Waals surface area contributed by atoms with Gasteiger partial charge in [0.25, 0.3) is 0 Å². The van der Waals surface area contributed by atoms with Crippen LogP contribution in [0.5, 0.6) is 11.9 Å². The normalized spacial score (nSPS) is 10.6. The van der Waals surface area contributed by atoms with Crippen molar-refractivity contribution in [1.82, 2.24) is 19.9 Å². The average molecular weight is 256 g/mol. The van der Waals surface area contributed by atoms with Gasteiger partial charge in [0, 0.05) is 6.20 Å². The average Bonchev–Trinajstić information content (AvgIpc) is 2.93. The van der Waals surface area contributed by atoms with Crippen LogP contribution in [0.25, 0.3) is 22.2 Å². The Bertz CT molecular complexity index is 723. The van der Waals surface area contributed by atoms with E-state index in [0.717, 1.165) is 22.2 Å². The van der Waals surface area contributed by atoms with Gasteiger partial charge in [0.15, 0.2) is 0 Å². The van der Waals surface area contributed by atoms with E-state index in [1.165, 1.54) is 7.11 Å². The van der Waals surface area contributed by atoms with E-state index < -0.39 is 0 Å². The first kappa shape index (κ1) is 11.5. The monoisotopic (exact) mass is 256 g/mol. The van der Waals surface area contributed by atoms with Gasteiger partial charge in [-0.25, -0.2) is 9.97 Å². The molecule has 0 radical (unpaired) electrons. The Hall–Kier alpha value is -2.63. The lowest BCUT2D eigenvalue weighted by Crippen LogP contribution is -1.97. The van der Waals surface area contributed by atoms with Crippen molar-refractivity contribution in [1.29, 1.82) is 0 Å². The summed E-state index contributed by atoms with van der Waals surface area (Å²) in [6, 6.07) is 6.15. The van der Waals surface area contributed by atoms with Crippen molar-refractivity contribution >= 4 is 11.0 Å². The SMILES string of the molecule is COc1ncc(-c2ccc3nc[nH]c3c2)c(OC)n1. The van der Waals surface area contributed by atoms with Crippen LogP contribution in [0.1, 0.15) is 0 Å². The number of nitrogens with one attached hydrogen (secondary N) is 1. The first-order valence-corrected chi connectivity index (χ1v) is 5.70. The molecular formula is C13H12N4O2. The first-order chi connectivity index (χ1) is 9.31. The first-order valence-electron chi connectivity index (χ1n) is 5.70. The van der Waals surface area contributed by atoms with Crippen molar-refractivity contribution in [2.24, 2.45) is 0 Å². The summed E-state index contributed by atoms with van der Waals surface area (Å²) in [5.41, 5.74) is 3.63. The van der Waals surface area contributed by atoms with Crippen LogP contribution in [-0.4, -0.2) is 34.2 Å². The third-order valence-corrected chi connectivity index (χ3v) is 2.84. The molecule has 0 spiro atoms. The summed E-state index contributed by atoms with van der Waals surface area (Å²) in [6.07, 6.45) is 3.35. The number of rotatable bonds is 3. The van der Waals surface area contributed by atoms with Crippen LogP contribution in [0.3, 0.4) is 0 Å². The predicted octanol–water partition coefficient (Wildman–Crippen LogP) is 2.04. The van der Waals surface area contributed by atoms with Crippen molar-refractivity contribution in [3.63, 3.8) is 0 Å². The number of nitrogens with zero attached hydrogens (tertiary/aromatic N) is 3. The summed E-state index contributed by atoms with van der Waals surface area (Å²) in [4.78, 5) is 15.5. The Balaban J connectivity index is 2.14. The minimum Gasteiger partial charge on any atom is -0.480 e. The highest BCUT2D eigenvalue weighted by Crippen LogP contribution is 2.30. The molecule has 3 rings (SSSR count). The van der Waals surface area contributed by atoms with Crippen LogP contribution in [0, 0.1) is 0 Å². The van der Waals surface area contributed by atoms with E-state index in [9.17, 15) is 0 Å². The van der Waals surface area contributed by atoms with Gasteiger partial charge in [-0.1, -0.05) is 6.07 Å². The van der Waals surface area contributed by atoms with Gasteiger partial charge in [-0.05, 0) is 17.7 Å². The fraction of sp³-hybridized carbons (Fsp3) is 0.154. The number of hydrogen-bond donors (Lipinski definition) is 1. The molecule has 96 valence electrons. The standard InChI is InChI=1S/C13H12N4O2/c1-18-12-9(6-14-13(17-12)19-2)8-3-4-10-11(5-8)16-7-15-10/h3-7H,1-2H3,(H,15,16). The molecule has 0 atom stereocenters. The summed E-state index contributed by atoms with van der Waals surface area (Å²) >= 11 is 0. The number of ether oxygens (including phenoxy) is 2. The van der Waals surface area contributed by atoms with Gasteiger partial charge in [0.1, 0.15) is 0 Å². The highest BCUT2D eigenvalue weighted by molar-refractivity contribution is 5.82. The zero-order valence-corrected chi connectivity index (χ0v) is 10.5. The van der Waals surface area contributed by atoms with Crippen LogP contribution < -0.4 is 9.47 Å². The lowest BCUT2D eigenvalue weighted by Gasteiger charge is -2.08. The number of hydrogen-bond acceptors (Lipinski definition) is 5. The van der Waals surface area contributed by atoms with Crippen LogP contribution in [0.2, 0.25) is 0 Å². The maximum atomic E-state index is 5.28. The van der Waals surface area contributed by atoms with Gasteiger partial charge >= 0.3 is 6.01 Å². The highest BCUT2D eigenvalue weighted by Gasteiger charge is 2.11. The largest absolute Gasteiger partial charge is 0.480 e. The summed E-state index contributed by atoms with van der Waals surface area (Å²) in [7, 11) is 3.09. The zero-order valence-electron chi connectivity index (χ0n) is 10.5. The molecule has 6 heteroatoms. The fourth-order valence-corrected chi connectivity index (χ4v) is 1.91. The maximum Gasteiger partial charge on any atom is 0.319 e. The van der Waals surface area contributed by atoms with E-state index in [4.69, 9.17) is 9.47 Å². The number of imidazole rings is 1. The Kier molecular flexibility index (Phi) is 2.75. The third-order valence-electron chi connectivity index (χ3n) is 2.84. The van der Waals surface area contributed by atoms with Crippen molar-refractivity contribution < 1.29 is 9.47 Å². The summed E-state index contributed by atoms with van der Waals surface area (Å²) in [6.45, 7) is 0. The van der Waals surface area contributed by atoms with Crippen molar-refractivity contribution in [2.75, 3.05) is 14.2 Å². The number of aromatic amines is 1. The minimum absolute atomic E-state index is 0.281. The Morgan fingerprint density at radius 3 is 2.79 bits per heavy atom. The molecule has 1 aromatic carbocycles. The van der Waals surface area contributed by atoms with Crippen LogP contribution >= 0.6 is 0 Å². The van der Waals surface area contributed by atoms with E-state index in [-0.39, 0.29) is 6.01 Å². The Morgan fingerprint density at radius 2 is 2.00 bits per heavy atom. The van der Waals surface area contributed by atoms with Crippen molar-refractivity contribution in [3.8, 4) is 23.0 Å². The van der Waals surface area contributed by atoms with Gasteiger partial charge in [-0.15, -0.1) is 0 Å². The molecule has 0 saturated heterocycles. The molecule has 0 aliphatic carbocycles. The number of methoxy groups -OCH3 is 2. The minimum atomic E-state index is 0.281. The van der Waals surface area contributed by atoms with Crippen molar-refractivity contribution in [2.45, 2.75) is 0 Å². The smallest absolute Gasteiger partial charge is 0.319 e. The fourth-order valence-electron chi connectivity index (χ4n) is 1.91. The summed E-state index contributed by atoms with van der Waals surface area (Å²) in [5.74, 6) is 0.478. The number of aromatic nitrogens is 4. The van der Waals surface area contributed by atoms with Crippen LogP contribution in [0.15, 0.2) is 30.7 Å². The molecule has 0 aliphatic heterocycles. The van der Waals surface area contributed by atoms with Gasteiger partial charge in [0.05, 0.1) is 37.1 Å². The quantitative estimate of drug-likeness (QED) is 0.776. The zero-order chi connectivity index (χ0) is 13.2. The van der Waals surface area contributed by atoms with Gasteiger partial charge in [0.2, 0.25) is 5.88 Å². The van der Waals surface area contributed by atoms with E-state index in [0.29, 0.717) is 5.88 Å². The molecule has 19 heavy (non-hydrogen) atoms. The van der Waals surface area contributed by atoms with E-state index >= 15 is 0 Å². The topological polar surface area (TPSA) is 72.9 Å². The second kappa shape index (κ2) is 4.56. The highest BCUT2D eigenvalue weighted by atomic mass is 16.5. The van der Waals surface area contributed by atoms with Gasteiger partial charge in [-0.2, -0.15) is 4.98 Å². The summed E-state index contributed by atoms with van der Waals surface area (Å²) < 4.78 is 10.3. The molecule has 0 fully saturated rings. The van der Waals surface area contributed by atoms with E-state index in [1.807, 2.05) is 18.2 Å². The molecule has 1 N–H and O–H groups in total. The lowest BCUT2D eigenvalue weighted by atomic mass is 10.1. The van der Waals surface area contributed by atoms with Crippen LogP contribution in [-0.2, 0) is 0 Å². The molecule has 6 nitrogen and oxygen atoms in total. The predicted molar refractivity (Wildman–Crippen MR) is 70.2 cm³/mol. The van der Waals surface area contributed by atoms with E-state index in [2.05, 4.69) is 19.9 Å². The number of H-pyrrole nitrogens is 1. The van der Waals surface area contributed by atoms with Gasteiger partial charge < -0.3 is 14.5 Å². The van der Waals surface area contributed by atoms with Crippen LogP contribution in [0.4, 0.5) is 0 Å². The third kappa shape index (κ3) is 1.97. The molecule has 3 aromatic rings. The molecule has 0 saturated carbocycles. The second-order valence-electron chi connectivity index (χ2n) is 3.91. The van der Waals surface area contributed by atoms with Gasteiger partial charge in [-0.3, -0.25) is 0 Å². The molecule has 0 bridgehead atoms. The Morgan fingerprint density at radius 1 is 1.11 bits per heavy atom. The van der Waals surface area contributed by atoms with E-state index in [1.54, 1.807) is 19.6 Å². The number of fused-ring (bicyclic) bond motifs is 1. The second-order valence-corrected chi connectivity index (χ2v) is 3.91. The number of benzene rings is 1. The molecule has 0 unspecified atom stereocenters. The molecule has 2 heterocycles.